The summed E-state index contributed by atoms with van der Waals surface area (Å²) in [5.74, 6) is 1.36. The number of fused-ring (bicyclic) bond motifs is 1. The van der Waals surface area contributed by atoms with E-state index in [0.717, 1.165) is 11.3 Å². The van der Waals surface area contributed by atoms with Crippen molar-refractivity contribution in [1.29, 1.82) is 0 Å². The fraction of sp³-hybridized carbons (Fsp3) is 0.130. The summed E-state index contributed by atoms with van der Waals surface area (Å²) in [7, 11) is 1.63. The molecule has 1 aromatic heterocycles. The van der Waals surface area contributed by atoms with Gasteiger partial charge in [-0.1, -0.05) is 36.4 Å². The van der Waals surface area contributed by atoms with Gasteiger partial charge >= 0.3 is 0 Å². The first-order chi connectivity index (χ1) is 13.7. The zero-order chi connectivity index (χ0) is 19.5. The molecular weight excluding hydrogens is 352 g/mol. The van der Waals surface area contributed by atoms with Crippen LogP contribution in [0.2, 0.25) is 0 Å². The molecule has 0 atom stereocenters. The van der Waals surface area contributed by atoms with E-state index in [2.05, 4.69) is 4.98 Å². The summed E-state index contributed by atoms with van der Waals surface area (Å²) in [4.78, 5) is 17.9. The van der Waals surface area contributed by atoms with E-state index in [1.165, 1.54) is 0 Å². The van der Waals surface area contributed by atoms with Crippen molar-refractivity contribution < 1.29 is 9.84 Å². The molecule has 1 heterocycles. The molecule has 0 saturated carbocycles. The second-order valence-corrected chi connectivity index (χ2v) is 6.52. The Morgan fingerprint density at radius 2 is 1.68 bits per heavy atom. The van der Waals surface area contributed by atoms with Gasteiger partial charge in [-0.05, 0) is 48.4 Å². The minimum Gasteiger partial charge on any atom is -0.507 e. The van der Waals surface area contributed by atoms with Gasteiger partial charge in [0.1, 0.15) is 17.3 Å². The van der Waals surface area contributed by atoms with Gasteiger partial charge in [0.05, 0.1) is 23.6 Å². The van der Waals surface area contributed by atoms with Crippen molar-refractivity contribution in [3.8, 4) is 22.9 Å². The molecule has 5 nitrogen and oxygen atoms in total. The first-order valence-corrected chi connectivity index (χ1v) is 9.08. The first-order valence-electron chi connectivity index (χ1n) is 9.08. The maximum absolute atomic E-state index is 13.2. The van der Waals surface area contributed by atoms with Crippen LogP contribution >= 0.6 is 0 Å². The number of aryl methyl sites for hydroxylation is 1. The number of phenols is 1. The SMILES string of the molecule is COc1ccc(CCn2c(-c3ccccc3O)nc3ccccc3c2=O)cc1. The van der Waals surface area contributed by atoms with Crippen LogP contribution in [-0.2, 0) is 13.0 Å². The van der Waals surface area contributed by atoms with Crippen LogP contribution in [0.5, 0.6) is 11.5 Å². The first kappa shape index (κ1) is 17.8. The lowest BCUT2D eigenvalue weighted by Crippen LogP contribution is -2.24. The fourth-order valence-electron chi connectivity index (χ4n) is 3.28. The topological polar surface area (TPSA) is 64.3 Å². The molecule has 3 aromatic carbocycles. The average molecular weight is 372 g/mol. The third kappa shape index (κ3) is 3.34. The molecule has 5 heteroatoms. The van der Waals surface area contributed by atoms with Crippen molar-refractivity contribution in [3.63, 3.8) is 0 Å². The zero-order valence-corrected chi connectivity index (χ0v) is 15.5. The summed E-state index contributed by atoms with van der Waals surface area (Å²) in [5, 5.41) is 10.9. The zero-order valence-electron chi connectivity index (χ0n) is 15.5. The van der Waals surface area contributed by atoms with Gasteiger partial charge in [0.25, 0.3) is 5.56 Å². The van der Waals surface area contributed by atoms with Crippen LogP contribution < -0.4 is 10.3 Å². The van der Waals surface area contributed by atoms with Gasteiger partial charge in [-0.3, -0.25) is 9.36 Å². The summed E-state index contributed by atoms with van der Waals surface area (Å²) >= 11 is 0. The van der Waals surface area contributed by atoms with Crippen molar-refractivity contribution in [3.05, 3.63) is 88.7 Å². The number of nitrogens with zero attached hydrogens (tertiary/aromatic N) is 2. The van der Waals surface area contributed by atoms with E-state index < -0.39 is 0 Å². The molecule has 0 unspecified atom stereocenters. The average Bonchev–Trinajstić information content (AvgIpc) is 2.74. The summed E-state index contributed by atoms with van der Waals surface area (Å²) < 4.78 is 6.84. The Morgan fingerprint density at radius 3 is 2.43 bits per heavy atom. The third-order valence-electron chi connectivity index (χ3n) is 4.79. The van der Waals surface area contributed by atoms with Crippen molar-refractivity contribution in [2.24, 2.45) is 0 Å². The van der Waals surface area contributed by atoms with Gasteiger partial charge in [-0.2, -0.15) is 0 Å². The predicted octanol–water partition coefficient (Wildman–Crippen LogP) is 4.02. The van der Waals surface area contributed by atoms with Gasteiger partial charge in [0, 0.05) is 6.54 Å². The number of para-hydroxylation sites is 2. The fourth-order valence-corrected chi connectivity index (χ4v) is 3.28. The van der Waals surface area contributed by atoms with E-state index in [4.69, 9.17) is 4.74 Å². The number of aromatic nitrogens is 2. The van der Waals surface area contributed by atoms with Crippen LogP contribution in [0.4, 0.5) is 0 Å². The highest BCUT2D eigenvalue weighted by Crippen LogP contribution is 2.27. The number of benzene rings is 3. The van der Waals surface area contributed by atoms with E-state index in [-0.39, 0.29) is 11.3 Å². The molecule has 140 valence electrons. The largest absolute Gasteiger partial charge is 0.507 e. The summed E-state index contributed by atoms with van der Waals surface area (Å²) in [6, 6.07) is 22.0. The highest BCUT2D eigenvalue weighted by molar-refractivity contribution is 5.80. The molecule has 0 fully saturated rings. The van der Waals surface area contributed by atoms with Crippen molar-refractivity contribution in [1.82, 2.24) is 9.55 Å². The summed E-state index contributed by atoms with van der Waals surface area (Å²) in [6.07, 6.45) is 0.657. The Kier molecular flexibility index (Phi) is 4.81. The maximum Gasteiger partial charge on any atom is 0.261 e. The minimum atomic E-state index is -0.114. The number of ether oxygens (including phenoxy) is 1. The molecule has 0 saturated heterocycles. The van der Waals surface area contributed by atoms with Gasteiger partial charge in [0.2, 0.25) is 0 Å². The number of phenolic OH excluding ortho intramolecular Hbond substituents is 1. The van der Waals surface area contributed by atoms with Gasteiger partial charge in [-0.15, -0.1) is 0 Å². The number of hydrogen-bond acceptors (Lipinski definition) is 4. The quantitative estimate of drug-likeness (QED) is 0.575. The minimum absolute atomic E-state index is 0.0999. The highest BCUT2D eigenvalue weighted by atomic mass is 16.5. The Bertz CT molecular complexity index is 1180. The number of methoxy groups -OCH3 is 1. The molecule has 4 aromatic rings. The Hall–Kier alpha value is -3.60. The van der Waals surface area contributed by atoms with Gasteiger partial charge in [0.15, 0.2) is 0 Å². The van der Waals surface area contributed by atoms with Crippen LogP contribution in [0.15, 0.2) is 77.6 Å². The molecule has 0 aliphatic heterocycles. The Labute approximate surface area is 162 Å². The second-order valence-electron chi connectivity index (χ2n) is 6.52. The smallest absolute Gasteiger partial charge is 0.261 e. The van der Waals surface area contributed by atoms with E-state index in [9.17, 15) is 9.90 Å². The lowest BCUT2D eigenvalue weighted by Gasteiger charge is -2.15. The number of rotatable bonds is 5. The van der Waals surface area contributed by atoms with E-state index >= 15 is 0 Å². The molecule has 0 aliphatic rings. The van der Waals surface area contributed by atoms with Crippen LogP contribution in [0.3, 0.4) is 0 Å². The molecular formula is C23H20N2O3. The molecule has 28 heavy (non-hydrogen) atoms. The molecule has 1 N–H and O–H groups in total. The number of aromatic hydroxyl groups is 1. The summed E-state index contributed by atoms with van der Waals surface area (Å²) in [6.45, 7) is 0.451. The van der Waals surface area contributed by atoms with Crippen LogP contribution in [0.25, 0.3) is 22.3 Å². The summed E-state index contributed by atoms with van der Waals surface area (Å²) in [5.41, 5.74) is 2.13. The Balaban J connectivity index is 1.80. The monoisotopic (exact) mass is 372 g/mol. The number of hydrogen-bond donors (Lipinski definition) is 1. The molecule has 0 amide bonds. The third-order valence-corrected chi connectivity index (χ3v) is 4.79. The van der Waals surface area contributed by atoms with Crippen molar-refractivity contribution >= 4 is 10.9 Å². The second kappa shape index (κ2) is 7.56. The molecule has 0 aliphatic carbocycles. The van der Waals surface area contributed by atoms with E-state index in [0.29, 0.717) is 35.3 Å². The molecule has 0 radical (unpaired) electrons. The van der Waals surface area contributed by atoms with Crippen LogP contribution in [-0.4, -0.2) is 21.8 Å². The lowest BCUT2D eigenvalue weighted by molar-refractivity contribution is 0.414. The van der Waals surface area contributed by atoms with Gasteiger partial charge < -0.3 is 9.84 Å². The van der Waals surface area contributed by atoms with E-state index in [1.807, 2.05) is 48.5 Å². The van der Waals surface area contributed by atoms with Crippen molar-refractivity contribution in [2.45, 2.75) is 13.0 Å². The highest BCUT2D eigenvalue weighted by Gasteiger charge is 2.15. The van der Waals surface area contributed by atoms with Gasteiger partial charge in [-0.25, -0.2) is 4.98 Å². The van der Waals surface area contributed by atoms with E-state index in [1.54, 1.807) is 35.9 Å². The standard InChI is InChI=1S/C23H20N2O3/c1-28-17-12-10-16(11-13-17)14-15-25-22(19-7-3-5-9-21(19)26)24-20-8-4-2-6-18(20)23(25)27/h2-13,26H,14-15H2,1H3. The van der Waals surface area contributed by atoms with Crippen LogP contribution in [0, 0.1) is 0 Å². The predicted molar refractivity (Wildman–Crippen MR) is 110 cm³/mol. The molecule has 0 spiro atoms. The Morgan fingerprint density at radius 1 is 0.964 bits per heavy atom. The maximum atomic E-state index is 13.2. The van der Waals surface area contributed by atoms with Crippen molar-refractivity contribution in [2.75, 3.05) is 7.11 Å². The molecule has 4 rings (SSSR count). The molecule has 0 bridgehead atoms. The van der Waals surface area contributed by atoms with Crippen LogP contribution in [0.1, 0.15) is 5.56 Å². The lowest BCUT2D eigenvalue weighted by atomic mass is 10.1. The normalized spacial score (nSPS) is 10.9.